The standard InChI is InChI=1S/C17H12Cl2N2O3S/c1-24-14-5-9(12(19)8-13(14)22)6-15-16(23)21-17(25-15)20-11-4-2-3-10(18)7-11/h2-8,22H,1H3,(H,20,21,23)/b15-6-. The maximum absolute atomic E-state index is 12.1. The zero-order valence-electron chi connectivity index (χ0n) is 12.9. The Hall–Kier alpha value is -2.15. The number of carbonyl (C=O) groups excluding carboxylic acids is 1. The number of thioether (sulfide) groups is 1. The minimum Gasteiger partial charge on any atom is -0.504 e. The van der Waals surface area contributed by atoms with E-state index in [1.54, 1.807) is 36.4 Å². The van der Waals surface area contributed by atoms with Crippen molar-refractivity contribution in [2.45, 2.75) is 0 Å². The first-order chi connectivity index (χ1) is 12.0. The second-order valence-corrected chi connectivity index (χ2v) is 6.88. The topological polar surface area (TPSA) is 70.9 Å². The van der Waals surface area contributed by atoms with Gasteiger partial charge in [-0.3, -0.25) is 4.79 Å². The van der Waals surface area contributed by atoms with Crippen molar-refractivity contribution in [2.75, 3.05) is 7.11 Å². The summed E-state index contributed by atoms with van der Waals surface area (Å²) in [5, 5.41) is 13.7. The average Bonchev–Trinajstić information content (AvgIpc) is 2.89. The molecule has 1 aliphatic heterocycles. The van der Waals surface area contributed by atoms with E-state index in [1.807, 2.05) is 0 Å². The van der Waals surface area contributed by atoms with Crippen LogP contribution >= 0.6 is 35.0 Å². The van der Waals surface area contributed by atoms with E-state index in [1.165, 1.54) is 24.9 Å². The summed E-state index contributed by atoms with van der Waals surface area (Å²) in [6, 6.07) is 9.94. The highest BCUT2D eigenvalue weighted by molar-refractivity contribution is 8.18. The van der Waals surface area contributed by atoms with Crippen LogP contribution < -0.4 is 10.1 Å². The van der Waals surface area contributed by atoms with Crippen molar-refractivity contribution in [1.29, 1.82) is 0 Å². The summed E-state index contributed by atoms with van der Waals surface area (Å²) in [5.41, 5.74) is 1.19. The summed E-state index contributed by atoms with van der Waals surface area (Å²) in [6.07, 6.45) is 1.62. The monoisotopic (exact) mass is 394 g/mol. The van der Waals surface area contributed by atoms with E-state index in [0.717, 1.165) is 0 Å². The van der Waals surface area contributed by atoms with Crippen molar-refractivity contribution in [2.24, 2.45) is 4.99 Å². The average molecular weight is 395 g/mol. The molecule has 0 spiro atoms. The number of carbonyl (C=O) groups is 1. The molecule has 3 rings (SSSR count). The van der Waals surface area contributed by atoms with Gasteiger partial charge in [-0.15, -0.1) is 0 Å². The fourth-order valence-corrected chi connectivity index (χ4v) is 3.35. The SMILES string of the molecule is COc1cc(/C=C2\SC(=Nc3cccc(Cl)c3)NC2=O)c(Cl)cc1O. The Bertz CT molecular complexity index is 913. The molecule has 5 nitrogen and oxygen atoms in total. The Labute approximate surface area is 158 Å². The smallest absolute Gasteiger partial charge is 0.264 e. The Balaban J connectivity index is 1.89. The number of methoxy groups -OCH3 is 1. The molecule has 0 unspecified atom stereocenters. The number of aromatic hydroxyl groups is 1. The van der Waals surface area contributed by atoms with Crippen molar-refractivity contribution in [3.05, 3.63) is 56.9 Å². The summed E-state index contributed by atoms with van der Waals surface area (Å²) in [6.45, 7) is 0. The number of rotatable bonds is 3. The molecule has 0 saturated carbocycles. The van der Waals surface area contributed by atoms with Gasteiger partial charge >= 0.3 is 0 Å². The van der Waals surface area contributed by atoms with Crippen LogP contribution in [0.3, 0.4) is 0 Å². The molecule has 0 atom stereocenters. The quantitative estimate of drug-likeness (QED) is 0.746. The number of phenolic OH excluding ortho intramolecular Hbond substituents is 1. The van der Waals surface area contributed by atoms with Gasteiger partial charge in [0, 0.05) is 11.1 Å². The van der Waals surface area contributed by atoms with Gasteiger partial charge in [-0.2, -0.15) is 0 Å². The van der Waals surface area contributed by atoms with E-state index in [9.17, 15) is 9.90 Å². The molecule has 1 amide bonds. The van der Waals surface area contributed by atoms with Gasteiger partial charge < -0.3 is 15.2 Å². The van der Waals surface area contributed by atoms with Gasteiger partial charge in [0.15, 0.2) is 16.7 Å². The number of ether oxygens (including phenoxy) is 1. The molecule has 2 N–H and O–H groups in total. The molecule has 1 heterocycles. The van der Waals surface area contributed by atoms with Crippen molar-refractivity contribution in [1.82, 2.24) is 5.32 Å². The van der Waals surface area contributed by atoms with E-state index < -0.39 is 0 Å². The number of benzene rings is 2. The van der Waals surface area contributed by atoms with E-state index >= 15 is 0 Å². The number of hydrogen-bond acceptors (Lipinski definition) is 5. The number of aliphatic imine (C=N–C) groups is 1. The molecule has 8 heteroatoms. The Morgan fingerprint density at radius 2 is 2.08 bits per heavy atom. The highest BCUT2D eigenvalue weighted by atomic mass is 35.5. The van der Waals surface area contributed by atoms with Crippen LogP contribution in [0.4, 0.5) is 5.69 Å². The summed E-state index contributed by atoms with van der Waals surface area (Å²) in [4.78, 5) is 16.9. The zero-order valence-corrected chi connectivity index (χ0v) is 15.2. The maximum atomic E-state index is 12.1. The number of amides is 1. The first-order valence-corrected chi connectivity index (χ1v) is 8.65. The van der Waals surface area contributed by atoms with Crippen LogP contribution in [-0.4, -0.2) is 23.3 Å². The molecular formula is C17H12Cl2N2O3S. The second kappa shape index (κ2) is 7.39. The summed E-state index contributed by atoms with van der Waals surface area (Å²) < 4.78 is 5.06. The van der Waals surface area contributed by atoms with Crippen molar-refractivity contribution in [3.63, 3.8) is 0 Å². The van der Waals surface area contributed by atoms with Crippen LogP contribution in [0.25, 0.3) is 6.08 Å². The predicted octanol–water partition coefficient (Wildman–Crippen LogP) is 4.60. The third kappa shape index (κ3) is 4.10. The van der Waals surface area contributed by atoms with Gasteiger partial charge in [0.2, 0.25) is 0 Å². The molecule has 0 aliphatic carbocycles. The summed E-state index contributed by atoms with van der Waals surface area (Å²) in [7, 11) is 1.44. The minimum absolute atomic E-state index is 0.0682. The van der Waals surface area contributed by atoms with E-state index in [4.69, 9.17) is 27.9 Å². The molecular weight excluding hydrogens is 383 g/mol. The zero-order chi connectivity index (χ0) is 18.0. The molecule has 0 aromatic heterocycles. The fraction of sp³-hybridized carbons (Fsp3) is 0.0588. The molecule has 0 radical (unpaired) electrons. The summed E-state index contributed by atoms with van der Waals surface area (Å²) in [5.74, 6) is -0.0808. The van der Waals surface area contributed by atoms with Crippen LogP contribution in [0.1, 0.15) is 5.56 Å². The van der Waals surface area contributed by atoms with Crippen LogP contribution in [0.5, 0.6) is 11.5 Å². The van der Waals surface area contributed by atoms with Crippen LogP contribution in [0.2, 0.25) is 10.0 Å². The Kier molecular flexibility index (Phi) is 5.22. The highest BCUT2D eigenvalue weighted by Crippen LogP contribution is 2.35. The highest BCUT2D eigenvalue weighted by Gasteiger charge is 2.24. The van der Waals surface area contributed by atoms with Gasteiger partial charge in [0.05, 0.1) is 22.7 Å². The fourth-order valence-electron chi connectivity index (χ4n) is 2.12. The Morgan fingerprint density at radius 1 is 1.28 bits per heavy atom. The molecule has 25 heavy (non-hydrogen) atoms. The van der Waals surface area contributed by atoms with Gasteiger partial charge in [-0.1, -0.05) is 29.3 Å². The number of halogens is 2. The Morgan fingerprint density at radius 3 is 2.80 bits per heavy atom. The first-order valence-electron chi connectivity index (χ1n) is 7.08. The predicted molar refractivity (Wildman–Crippen MR) is 102 cm³/mol. The molecule has 0 bridgehead atoms. The van der Waals surface area contributed by atoms with Crippen molar-refractivity contribution >= 4 is 57.8 Å². The van der Waals surface area contributed by atoms with Crippen LogP contribution in [-0.2, 0) is 4.79 Å². The minimum atomic E-state index is -0.283. The number of hydrogen-bond donors (Lipinski definition) is 2. The molecule has 1 fully saturated rings. The lowest BCUT2D eigenvalue weighted by Gasteiger charge is -2.06. The van der Waals surface area contributed by atoms with Gasteiger partial charge in [0.1, 0.15) is 0 Å². The van der Waals surface area contributed by atoms with Gasteiger partial charge in [0.25, 0.3) is 5.91 Å². The van der Waals surface area contributed by atoms with E-state index in [2.05, 4.69) is 10.3 Å². The van der Waals surface area contributed by atoms with Gasteiger partial charge in [-0.05, 0) is 47.7 Å². The van der Waals surface area contributed by atoms with Crippen LogP contribution in [0.15, 0.2) is 46.3 Å². The van der Waals surface area contributed by atoms with Crippen molar-refractivity contribution in [3.8, 4) is 11.5 Å². The second-order valence-electron chi connectivity index (χ2n) is 5.01. The number of nitrogens with one attached hydrogen (secondary N) is 1. The number of phenols is 1. The third-order valence-corrected chi connectivity index (χ3v) is 4.75. The molecule has 128 valence electrons. The molecule has 1 saturated heterocycles. The van der Waals surface area contributed by atoms with Crippen molar-refractivity contribution < 1.29 is 14.6 Å². The van der Waals surface area contributed by atoms with E-state index in [0.29, 0.717) is 31.4 Å². The lowest BCUT2D eigenvalue weighted by Crippen LogP contribution is -2.19. The van der Waals surface area contributed by atoms with E-state index in [-0.39, 0.29) is 17.4 Å². The van der Waals surface area contributed by atoms with Gasteiger partial charge in [-0.25, -0.2) is 4.99 Å². The molecule has 2 aromatic rings. The number of nitrogens with zero attached hydrogens (tertiary/aromatic N) is 1. The summed E-state index contributed by atoms with van der Waals surface area (Å²) >= 11 is 13.2. The molecule has 1 aliphatic rings. The lowest BCUT2D eigenvalue weighted by molar-refractivity contribution is -0.115. The lowest BCUT2D eigenvalue weighted by atomic mass is 10.2. The first kappa shape index (κ1) is 17.7. The largest absolute Gasteiger partial charge is 0.504 e. The normalized spacial score (nSPS) is 17.2. The maximum Gasteiger partial charge on any atom is 0.264 e. The number of amidine groups is 1. The molecule has 2 aromatic carbocycles. The third-order valence-electron chi connectivity index (χ3n) is 3.27. The van der Waals surface area contributed by atoms with Crippen LogP contribution in [0, 0.1) is 0 Å².